The third kappa shape index (κ3) is 8.40. The Morgan fingerprint density at radius 1 is 1.19 bits per heavy atom. The number of nitrogens with zero attached hydrogens (tertiary/aromatic N) is 1. The van der Waals surface area contributed by atoms with Gasteiger partial charge in [-0.05, 0) is 78.4 Å². The van der Waals surface area contributed by atoms with Gasteiger partial charge >= 0.3 is 6.09 Å². The van der Waals surface area contributed by atoms with Gasteiger partial charge in [0.05, 0.1) is 11.4 Å². The van der Waals surface area contributed by atoms with Crippen LogP contribution in [0.25, 0.3) is 0 Å². The maximum Gasteiger partial charge on any atom is 0.408 e. The summed E-state index contributed by atoms with van der Waals surface area (Å²) in [5, 5.41) is 15.3. The molecule has 3 rings (SSSR count). The van der Waals surface area contributed by atoms with Crippen LogP contribution in [-0.2, 0) is 29.1 Å². The van der Waals surface area contributed by atoms with Crippen LogP contribution in [-0.4, -0.2) is 93.9 Å². The number of β-amino-alcohol motifs (C(OH)–C–C–N with tert-alkyl or cyclic N) is 1. The number of allylic oxidation sites excluding steroid dienone is 1. The lowest BCUT2D eigenvalue weighted by atomic mass is 10.0. The molecule has 0 radical (unpaired) electrons. The van der Waals surface area contributed by atoms with Gasteiger partial charge < -0.3 is 25.4 Å². The number of alkyl carbamates (subject to hydrolysis) is 1. The molecule has 4 amide bonds. The third-order valence-electron chi connectivity index (χ3n) is 7.75. The Morgan fingerprint density at radius 2 is 1.81 bits per heavy atom. The molecule has 42 heavy (non-hydrogen) atoms. The van der Waals surface area contributed by atoms with Gasteiger partial charge in [-0.1, -0.05) is 13.0 Å². The lowest BCUT2D eigenvalue weighted by Gasteiger charge is -2.37. The van der Waals surface area contributed by atoms with Crippen LogP contribution in [0.3, 0.4) is 0 Å². The zero-order valence-electron chi connectivity index (χ0n) is 25.4. The van der Waals surface area contributed by atoms with Crippen molar-refractivity contribution in [2.45, 2.75) is 119 Å². The number of aliphatic hydroxyl groups is 1. The molecule has 1 saturated heterocycles. The fourth-order valence-electron chi connectivity index (χ4n) is 5.03. The number of unbranched alkanes of at least 4 members (excludes halogenated alkanes) is 1. The van der Waals surface area contributed by atoms with Crippen LogP contribution in [0.4, 0.5) is 4.79 Å². The molecule has 0 bridgehead atoms. The van der Waals surface area contributed by atoms with Crippen LogP contribution in [0.2, 0.25) is 0 Å². The number of carbonyl (C=O) groups excluding carboxylic acids is 4. The standard InChI is InChI=1S/C28H46N4O8S2/c1-8-9-10-13-41-27(6,7)21(29-25(37)40-26(3,4)5)23(35)32-16-18(33)14-20(32)22(34)30-28(15-17(28)2)24(36)31-42(38,39)19-11-12-19/h8,17-21,33H,1,9-16H2,2-7H3,(H,29,37)(H,30,34)(H,31,36)/t17-,18-,20+,21-,28-/m1/s1. The Hall–Kier alpha value is -2.32. The molecule has 3 aliphatic rings. The molecular formula is C28H46N4O8S2. The second-order valence-electron chi connectivity index (χ2n) is 13.1. The van der Waals surface area contributed by atoms with Crippen molar-refractivity contribution in [1.29, 1.82) is 0 Å². The maximum atomic E-state index is 14.1. The second-order valence-corrected chi connectivity index (χ2v) is 16.8. The molecule has 0 aromatic rings. The number of carbonyl (C=O) groups is 4. The van der Waals surface area contributed by atoms with E-state index in [-0.39, 0.29) is 25.3 Å². The summed E-state index contributed by atoms with van der Waals surface area (Å²) < 4.78 is 31.5. The molecule has 0 aromatic heterocycles. The molecule has 5 atom stereocenters. The number of amides is 4. The molecule has 1 aliphatic heterocycles. The van der Waals surface area contributed by atoms with Gasteiger partial charge in [-0.2, -0.15) is 11.8 Å². The van der Waals surface area contributed by atoms with Crippen LogP contribution >= 0.6 is 11.8 Å². The normalized spacial score (nSPS) is 26.6. The smallest absolute Gasteiger partial charge is 0.408 e. The van der Waals surface area contributed by atoms with Gasteiger partial charge in [0, 0.05) is 17.7 Å². The number of likely N-dealkylation sites (tertiary alicyclic amines) is 1. The summed E-state index contributed by atoms with van der Waals surface area (Å²) in [5.74, 6) is -1.68. The van der Waals surface area contributed by atoms with Crippen molar-refractivity contribution >= 4 is 45.6 Å². The molecule has 3 fully saturated rings. The van der Waals surface area contributed by atoms with Gasteiger partial charge in [0.2, 0.25) is 21.8 Å². The molecule has 1 heterocycles. The van der Waals surface area contributed by atoms with Crippen molar-refractivity contribution in [2.75, 3.05) is 12.3 Å². The first-order valence-corrected chi connectivity index (χ1v) is 17.0. The van der Waals surface area contributed by atoms with E-state index in [4.69, 9.17) is 4.74 Å². The first-order valence-electron chi connectivity index (χ1n) is 14.4. The molecule has 4 N–H and O–H groups in total. The Balaban J connectivity index is 1.80. The van der Waals surface area contributed by atoms with Crippen molar-refractivity contribution in [3.05, 3.63) is 12.7 Å². The summed E-state index contributed by atoms with van der Waals surface area (Å²) in [4.78, 5) is 54.7. The summed E-state index contributed by atoms with van der Waals surface area (Å²) in [7, 11) is -3.82. The zero-order valence-corrected chi connectivity index (χ0v) is 27.0. The lowest BCUT2D eigenvalue weighted by molar-refractivity contribution is -0.141. The Kier molecular flexibility index (Phi) is 10.4. The van der Waals surface area contributed by atoms with Crippen LogP contribution in [0.5, 0.6) is 0 Å². The van der Waals surface area contributed by atoms with Gasteiger partial charge in [0.25, 0.3) is 5.91 Å². The first kappa shape index (κ1) is 34.2. The number of hydrogen-bond acceptors (Lipinski definition) is 9. The van der Waals surface area contributed by atoms with E-state index in [1.54, 1.807) is 33.8 Å². The molecule has 0 unspecified atom stereocenters. The van der Waals surface area contributed by atoms with Crippen LogP contribution < -0.4 is 15.4 Å². The number of aliphatic hydroxyl groups excluding tert-OH is 1. The SMILES string of the molecule is C=CCCCSC(C)(C)[C@H](NC(=O)OC(C)(C)C)C(=O)N1C[C@H](O)C[C@H]1C(=O)N[C@]1(C(=O)NS(=O)(=O)C2CC2)C[C@H]1C. The van der Waals surface area contributed by atoms with Crippen LogP contribution in [0, 0.1) is 5.92 Å². The molecule has 12 nitrogen and oxygen atoms in total. The van der Waals surface area contributed by atoms with E-state index in [0.29, 0.717) is 18.6 Å². The van der Waals surface area contributed by atoms with E-state index in [0.717, 1.165) is 12.8 Å². The highest BCUT2D eigenvalue weighted by molar-refractivity contribution is 8.00. The van der Waals surface area contributed by atoms with E-state index >= 15 is 0 Å². The van der Waals surface area contributed by atoms with Gasteiger partial charge in [-0.3, -0.25) is 19.1 Å². The Morgan fingerprint density at radius 3 is 2.33 bits per heavy atom. The van der Waals surface area contributed by atoms with Crippen molar-refractivity contribution in [2.24, 2.45) is 5.92 Å². The number of hydrogen-bond donors (Lipinski definition) is 4. The molecule has 2 aliphatic carbocycles. The number of thioether (sulfide) groups is 1. The van der Waals surface area contributed by atoms with Gasteiger partial charge in [-0.25, -0.2) is 13.2 Å². The minimum Gasteiger partial charge on any atom is -0.444 e. The van der Waals surface area contributed by atoms with Gasteiger partial charge in [0.1, 0.15) is 23.2 Å². The summed E-state index contributed by atoms with van der Waals surface area (Å²) in [6.07, 6.45) is 2.74. The Bertz CT molecular complexity index is 1180. The predicted octanol–water partition coefficient (Wildman–Crippen LogP) is 1.82. The fourth-order valence-corrected chi connectivity index (χ4v) is 7.56. The molecule has 2 saturated carbocycles. The number of nitrogens with one attached hydrogen (secondary N) is 3. The first-order chi connectivity index (χ1) is 19.3. The zero-order chi connectivity index (χ0) is 31.7. The van der Waals surface area contributed by atoms with Crippen molar-refractivity contribution in [3.8, 4) is 0 Å². The highest BCUT2D eigenvalue weighted by Gasteiger charge is 2.61. The minimum atomic E-state index is -3.82. The largest absolute Gasteiger partial charge is 0.444 e. The van der Waals surface area contributed by atoms with E-state index in [1.165, 1.54) is 16.7 Å². The van der Waals surface area contributed by atoms with Crippen LogP contribution in [0.1, 0.15) is 80.1 Å². The predicted molar refractivity (Wildman–Crippen MR) is 160 cm³/mol. The number of rotatable bonds is 13. The number of sulfonamides is 1. The molecule has 14 heteroatoms. The average Bonchev–Trinajstić information content (AvgIpc) is 3.77. The molecule has 0 spiro atoms. The molecule has 0 aromatic carbocycles. The second kappa shape index (κ2) is 12.7. The summed E-state index contributed by atoms with van der Waals surface area (Å²) >= 11 is 1.48. The highest BCUT2D eigenvalue weighted by Crippen LogP contribution is 2.44. The fraction of sp³-hybridized carbons (Fsp3) is 0.786. The van der Waals surface area contributed by atoms with E-state index in [9.17, 15) is 32.7 Å². The topological polar surface area (TPSA) is 171 Å². The molecular weight excluding hydrogens is 584 g/mol. The average molecular weight is 631 g/mol. The summed E-state index contributed by atoms with van der Waals surface area (Å²) in [6, 6.07) is -2.24. The minimum absolute atomic E-state index is 0.0733. The van der Waals surface area contributed by atoms with E-state index < -0.39 is 73.2 Å². The van der Waals surface area contributed by atoms with Crippen molar-refractivity contribution < 1.29 is 37.4 Å². The van der Waals surface area contributed by atoms with Crippen LogP contribution in [0.15, 0.2) is 12.7 Å². The van der Waals surface area contributed by atoms with Gasteiger partial charge in [0.15, 0.2) is 0 Å². The van der Waals surface area contributed by atoms with Crippen molar-refractivity contribution in [1.82, 2.24) is 20.3 Å². The third-order valence-corrected chi connectivity index (χ3v) is 11.0. The summed E-state index contributed by atoms with van der Waals surface area (Å²) in [5.41, 5.74) is -2.23. The quantitative estimate of drug-likeness (QED) is 0.175. The highest BCUT2D eigenvalue weighted by atomic mass is 32.2. The molecule has 238 valence electrons. The Labute approximate surface area is 253 Å². The van der Waals surface area contributed by atoms with E-state index in [2.05, 4.69) is 21.9 Å². The monoisotopic (exact) mass is 630 g/mol. The van der Waals surface area contributed by atoms with E-state index in [1.807, 2.05) is 13.8 Å². The van der Waals surface area contributed by atoms with Crippen molar-refractivity contribution in [3.63, 3.8) is 0 Å². The maximum absolute atomic E-state index is 14.1. The number of ether oxygens (including phenoxy) is 1. The van der Waals surface area contributed by atoms with Gasteiger partial charge in [-0.15, -0.1) is 6.58 Å². The summed E-state index contributed by atoms with van der Waals surface area (Å²) in [6.45, 7) is 14.1. The lowest BCUT2D eigenvalue weighted by Crippen LogP contribution is -2.61.